The van der Waals surface area contributed by atoms with Crippen molar-refractivity contribution in [1.82, 2.24) is 20.3 Å². The van der Waals surface area contributed by atoms with Gasteiger partial charge >= 0.3 is 0 Å². The van der Waals surface area contributed by atoms with E-state index < -0.39 is 0 Å². The van der Waals surface area contributed by atoms with Gasteiger partial charge in [-0.25, -0.2) is 0 Å². The first kappa shape index (κ1) is 13.5. The van der Waals surface area contributed by atoms with Crippen LogP contribution in [0.3, 0.4) is 0 Å². The number of aromatic hydroxyl groups is 1. The van der Waals surface area contributed by atoms with Gasteiger partial charge in [-0.3, -0.25) is 4.68 Å². The van der Waals surface area contributed by atoms with Crippen LogP contribution in [0.25, 0.3) is 0 Å². The fourth-order valence-corrected chi connectivity index (χ4v) is 2.78. The van der Waals surface area contributed by atoms with Crippen LogP contribution in [0.2, 0.25) is 0 Å². The lowest BCUT2D eigenvalue weighted by atomic mass is 10.2. The average molecular weight is 376 g/mol. The van der Waals surface area contributed by atoms with Crippen molar-refractivity contribution in [2.75, 3.05) is 6.54 Å². The molecule has 0 saturated heterocycles. The zero-order valence-corrected chi connectivity index (χ0v) is 12.6. The molecule has 2 aromatic rings. The van der Waals surface area contributed by atoms with Crippen molar-refractivity contribution in [3.63, 3.8) is 0 Å². The lowest BCUT2D eigenvalue weighted by Gasteiger charge is -2.07. The van der Waals surface area contributed by atoms with E-state index in [0.717, 1.165) is 25.2 Å². The molecule has 0 amide bonds. The zero-order valence-electron chi connectivity index (χ0n) is 9.48. The molecule has 0 saturated carbocycles. The Kier molecular flexibility index (Phi) is 4.73. The van der Waals surface area contributed by atoms with Crippen LogP contribution in [0.4, 0.5) is 0 Å². The van der Waals surface area contributed by atoms with E-state index in [1.165, 1.54) is 0 Å². The number of nitrogens with one attached hydrogen (secondary N) is 1. The van der Waals surface area contributed by atoms with Crippen LogP contribution in [0.1, 0.15) is 5.56 Å². The minimum absolute atomic E-state index is 0.223. The highest BCUT2D eigenvalue weighted by Gasteiger charge is 2.05. The average Bonchev–Trinajstić information content (AvgIpc) is 2.84. The molecule has 0 spiro atoms. The number of phenols is 1. The Morgan fingerprint density at radius 1 is 1.28 bits per heavy atom. The van der Waals surface area contributed by atoms with Gasteiger partial charge in [0.2, 0.25) is 0 Å². The summed E-state index contributed by atoms with van der Waals surface area (Å²) in [5, 5.41) is 20.5. The molecule has 0 aliphatic carbocycles. The smallest absolute Gasteiger partial charge is 0.143 e. The van der Waals surface area contributed by atoms with Gasteiger partial charge in [0.1, 0.15) is 5.75 Å². The predicted molar refractivity (Wildman–Crippen MR) is 75.2 cm³/mol. The number of aromatic nitrogens is 3. The van der Waals surface area contributed by atoms with Gasteiger partial charge in [0.25, 0.3) is 0 Å². The molecule has 0 radical (unpaired) electrons. The Balaban J connectivity index is 1.83. The van der Waals surface area contributed by atoms with E-state index in [-0.39, 0.29) is 5.75 Å². The van der Waals surface area contributed by atoms with Crippen molar-refractivity contribution in [3.8, 4) is 5.75 Å². The monoisotopic (exact) mass is 374 g/mol. The quantitative estimate of drug-likeness (QED) is 0.787. The fourth-order valence-electron chi connectivity index (χ4n) is 1.50. The Morgan fingerprint density at radius 2 is 2.00 bits per heavy atom. The second-order valence-corrected chi connectivity index (χ2v) is 5.46. The fraction of sp³-hybridized carbons (Fsp3) is 0.273. The summed E-state index contributed by atoms with van der Waals surface area (Å²) in [4.78, 5) is 0. The van der Waals surface area contributed by atoms with Gasteiger partial charge in [0.05, 0.1) is 21.7 Å². The van der Waals surface area contributed by atoms with Gasteiger partial charge in [-0.15, -0.1) is 5.10 Å². The molecule has 1 aromatic carbocycles. The van der Waals surface area contributed by atoms with Crippen molar-refractivity contribution in [1.29, 1.82) is 0 Å². The molecule has 5 nitrogen and oxygen atoms in total. The highest BCUT2D eigenvalue weighted by Crippen LogP contribution is 2.33. The minimum atomic E-state index is 0.223. The molecule has 1 aromatic heterocycles. The molecule has 0 fully saturated rings. The summed E-state index contributed by atoms with van der Waals surface area (Å²) < 4.78 is 3.14. The molecule has 2 rings (SSSR count). The Morgan fingerprint density at radius 3 is 2.61 bits per heavy atom. The number of nitrogens with zero attached hydrogens (tertiary/aromatic N) is 3. The largest absolute Gasteiger partial charge is 0.506 e. The minimum Gasteiger partial charge on any atom is -0.506 e. The first-order valence-corrected chi connectivity index (χ1v) is 6.97. The second kappa shape index (κ2) is 6.31. The molecule has 0 aliphatic rings. The molecular weight excluding hydrogens is 364 g/mol. The highest BCUT2D eigenvalue weighted by molar-refractivity contribution is 9.11. The standard InChI is InChI=1S/C11H12Br2N4O/c12-9-5-8(6-10(13)11(9)18)7-14-1-3-17-4-2-15-16-17/h2,4-6,14,18H,1,3,7H2. The summed E-state index contributed by atoms with van der Waals surface area (Å²) in [5.74, 6) is 0.223. The molecular formula is C11H12Br2N4O. The van der Waals surface area contributed by atoms with Gasteiger partial charge in [-0.05, 0) is 49.6 Å². The number of benzene rings is 1. The van der Waals surface area contributed by atoms with Gasteiger partial charge in [-0.2, -0.15) is 0 Å². The molecule has 96 valence electrons. The number of halogens is 2. The maximum atomic E-state index is 9.59. The van der Waals surface area contributed by atoms with Gasteiger partial charge in [-0.1, -0.05) is 5.21 Å². The number of hydrogen-bond acceptors (Lipinski definition) is 4. The normalized spacial score (nSPS) is 10.8. The lowest BCUT2D eigenvalue weighted by molar-refractivity contribution is 0.468. The van der Waals surface area contributed by atoms with Crippen LogP contribution in [0.5, 0.6) is 5.75 Å². The van der Waals surface area contributed by atoms with E-state index in [9.17, 15) is 5.11 Å². The van der Waals surface area contributed by atoms with Gasteiger partial charge in [0, 0.05) is 19.3 Å². The van der Waals surface area contributed by atoms with E-state index in [1.807, 2.05) is 18.3 Å². The third-order valence-electron chi connectivity index (χ3n) is 2.40. The van der Waals surface area contributed by atoms with Crippen molar-refractivity contribution in [2.45, 2.75) is 13.1 Å². The first-order valence-electron chi connectivity index (χ1n) is 5.38. The van der Waals surface area contributed by atoms with Crippen LogP contribution >= 0.6 is 31.9 Å². The molecule has 0 bridgehead atoms. The highest BCUT2D eigenvalue weighted by atomic mass is 79.9. The molecule has 7 heteroatoms. The van der Waals surface area contributed by atoms with E-state index >= 15 is 0 Å². The molecule has 1 heterocycles. The van der Waals surface area contributed by atoms with Crippen LogP contribution in [0.15, 0.2) is 33.5 Å². The lowest BCUT2D eigenvalue weighted by Crippen LogP contribution is -2.19. The number of rotatable bonds is 5. The molecule has 0 aliphatic heterocycles. The third kappa shape index (κ3) is 3.54. The van der Waals surface area contributed by atoms with Crippen LogP contribution in [-0.2, 0) is 13.1 Å². The molecule has 18 heavy (non-hydrogen) atoms. The van der Waals surface area contributed by atoms with Crippen molar-refractivity contribution in [2.24, 2.45) is 0 Å². The van der Waals surface area contributed by atoms with E-state index in [0.29, 0.717) is 8.95 Å². The van der Waals surface area contributed by atoms with Crippen molar-refractivity contribution >= 4 is 31.9 Å². The second-order valence-electron chi connectivity index (χ2n) is 3.75. The van der Waals surface area contributed by atoms with E-state index in [2.05, 4.69) is 47.5 Å². The van der Waals surface area contributed by atoms with Crippen LogP contribution < -0.4 is 5.32 Å². The maximum Gasteiger partial charge on any atom is 0.143 e. The van der Waals surface area contributed by atoms with Crippen molar-refractivity contribution < 1.29 is 5.11 Å². The molecule has 2 N–H and O–H groups in total. The topological polar surface area (TPSA) is 63.0 Å². The summed E-state index contributed by atoms with van der Waals surface area (Å²) in [5.41, 5.74) is 1.09. The number of hydrogen-bond donors (Lipinski definition) is 2. The van der Waals surface area contributed by atoms with Gasteiger partial charge < -0.3 is 10.4 Å². The molecule has 0 atom stereocenters. The number of phenolic OH excluding ortho intramolecular Hbond substituents is 1. The third-order valence-corrected chi connectivity index (χ3v) is 3.60. The van der Waals surface area contributed by atoms with Crippen molar-refractivity contribution in [3.05, 3.63) is 39.0 Å². The predicted octanol–water partition coefficient (Wildman–Crippen LogP) is 2.30. The summed E-state index contributed by atoms with van der Waals surface area (Å²) in [6.07, 6.45) is 3.49. The summed E-state index contributed by atoms with van der Waals surface area (Å²) in [7, 11) is 0. The van der Waals surface area contributed by atoms with Crippen LogP contribution in [0, 0.1) is 0 Å². The van der Waals surface area contributed by atoms with Crippen LogP contribution in [-0.4, -0.2) is 26.6 Å². The Hall–Kier alpha value is -0.920. The van der Waals surface area contributed by atoms with E-state index in [1.54, 1.807) is 10.9 Å². The Labute approximate surface area is 121 Å². The summed E-state index contributed by atoms with van der Waals surface area (Å²) in [6.45, 7) is 2.31. The zero-order chi connectivity index (χ0) is 13.0. The summed E-state index contributed by atoms with van der Waals surface area (Å²) >= 11 is 6.61. The van der Waals surface area contributed by atoms with Gasteiger partial charge in [0.15, 0.2) is 0 Å². The summed E-state index contributed by atoms with van der Waals surface area (Å²) in [6, 6.07) is 3.78. The SMILES string of the molecule is Oc1c(Br)cc(CNCCn2ccnn2)cc1Br. The van der Waals surface area contributed by atoms with E-state index in [4.69, 9.17) is 0 Å². The maximum absolute atomic E-state index is 9.59. The Bertz CT molecular complexity index is 493. The molecule has 0 unspecified atom stereocenters. The first-order chi connectivity index (χ1) is 8.66.